The third-order valence-corrected chi connectivity index (χ3v) is 3.82. The van der Waals surface area contributed by atoms with E-state index in [1.165, 1.54) is 0 Å². The highest BCUT2D eigenvalue weighted by Gasteiger charge is 2.20. The van der Waals surface area contributed by atoms with Crippen molar-refractivity contribution in [2.24, 2.45) is 0 Å². The molecular formula is C14H13BrCl2N2. The first-order chi connectivity index (χ1) is 8.79. The molecule has 0 N–H and O–H groups in total. The van der Waals surface area contributed by atoms with Crippen LogP contribution in [0.5, 0.6) is 0 Å². The predicted octanol–water partition coefficient (Wildman–Crippen LogP) is 5.51. The molecule has 0 atom stereocenters. The molecule has 2 aromatic rings. The van der Waals surface area contributed by atoms with E-state index in [-0.39, 0.29) is 5.41 Å². The molecule has 0 fully saturated rings. The lowest BCUT2D eigenvalue weighted by molar-refractivity contribution is 0.544. The third-order valence-electron chi connectivity index (χ3n) is 2.59. The number of hydrogen-bond donors (Lipinski definition) is 0. The van der Waals surface area contributed by atoms with Crippen molar-refractivity contribution < 1.29 is 0 Å². The van der Waals surface area contributed by atoms with Crippen molar-refractivity contribution in [2.75, 3.05) is 0 Å². The maximum atomic E-state index is 6.24. The summed E-state index contributed by atoms with van der Waals surface area (Å²) in [6, 6.07) is 7.35. The zero-order chi connectivity index (χ0) is 14.2. The van der Waals surface area contributed by atoms with Gasteiger partial charge in [-0.15, -0.1) is 0 Å². The van der Waals surface area contributed by atoms with Gasteiger partial charge >= 0.3 is 0 Å². The van der Waals surface area contributed by atoms with Crippen LogP contribution in [-0.2, 0) is 5.41 Å². The fraction of sp³-hybridized carbons (Fsp3) is 0.286. The van der Waals surface area contributed by atoms with Crippen molar-refractivity contribution in [3.63, 3.8) is 0 Å². The number of benzene rings is 1. The summed E-state index contributed by atoms with van der Waals surface area (Å²) < 4.78 is 0.735. The Labute approximate surface area is 131 Å². The largest absolute Gasteiger partial charge is 0.232 e. The van der Waals surface area contributed by atoms with Crippen molar-refractivity contribution in [1.29, 1.82) is 0 Å². The lowest BCUT2D eigenvalue weighted by Crippen LogP contribution is -2.16. The van der Waals surface area contributed by atoms with E-state index >= 15 is 0 Å². The third kappa shape index (κ3) is 3.28. The van der Waals surface area contributed by atoms with Gasteiger partial charge in [-0.3, -0.25) is 0 Å². The average molecular weight is 360 g/mol. The van der Waals surface area contributed by atoms with Crippen LogP contribution in [-0.4, -0.2) is 9.97 Å². The summed E-state index contributed by atoms with van der Waals surface area (Å²) in [6.07, 6.45) is 0. The highest BCUT2D eigenvalue weighted by atomic mass is 79.9. The molecule has 0 aliphatic rings. The maximum absolute atomic E-state index is 6.24. The van der Waals surface area contributed by atoms with Crippen molar-refractivity contribution in [1.82, 2.24) is 9.97 Å². The second-order valence-corrected chi connectivity index (χ2v) is 6.85. The molecule has 1 heterocycles. The Morgan fingerprint density at radius 3 is 2.42 bits per heavy atom. The molecule has 2 rings (SSSR count). The molecule has 0 amide bonds. The zero-order valence-corrected chi connectivity index (χ0v) is 13.9. The first-order valence-corrected chi connectivity index (χ1v) is 7.33. The van der Waals surface area contributed by atoms with Gasteiger partial charge < -0.3 is 0 Å². The van der Waals surface area contributed by atoms with E-state index in [4.69, 9.17) is 23.2 Å². The number of hydrogen-bond acceptors (Lipinski definition) is 2. The summed E-state index contributed by atoms with van der Waals surface area (Å²) in [5.74, 6) is 0.757. The van der Waals surface area contributed by atoms with E-state index in [1.54, 1.807) is 6.07 Å². The molecule has 0 radical (unpaired) electrons. The monoisotopic (exact) mass is 358 g/mol. The van der Waals surface area contributed by atoms with Crippen LogP contribution < -0.4 is 0 Å². The summed E-state index contributed by atoms with van der Waals surface area (Å²) >= 11 is 15.7. The van der Waals surface area contributed by atoms with Gasteiger partial charge in [0.2, 0.25) is 0 Å². The molecule has 0 bridgehead atoms. The zero-order valence-electron chi connectivity index (χ0n) is 10.8. The molecular weight excluding hydrogens is 347 g/mol. The highest BCUT2D eigenvalue weighted by molar-refractivity contribution is 9.10. The quantitative estimate of drug-likeness (QED) is 0.627. The SMILES string of the molecule is CC(C)(C)c1nc(Br)cc(-c2cccc(Cl)c2Cl)n1. The van der Waals surface area contributed by atoms with Gasteiger partial charge in [0, 0.05) is 11.0 Å². The van der Waals surface area contributed by atoms with E-state index in [0.29, 0.717) is 10.0 Å². The molecule has 2 nitrogen and oxygen atoms in total. The fourth-order valence-electron chi connectivity index (χ4n) is 1.59. The van der Waals surface area contributed by atoms with E-state index < -0.39 is 0 Å². The van der Waals surface area contributed by atoms with Gasteiger partial charge in [-0.25, -0.2) is 9.97 Å². The lowest BCUT2D eigenvalue weighted by atomic mass is 9.95. The maximum Gasteiger partial charge on any atom is 0.135 e. The van der Waals surface area contributed by atoms with Crippen LogP contribution >= 0.6 is 39.1 Å². The number of nitrogens with zero attached hydrogens (tertiary/aromatic N) is 2. The Balaban J connectivity index is 2.63. The van der Waals surface area contributed by atoms with Crippen LogP contribution in [0.25, 0.3) is 11.3 Å². The molecule has 0 unspecified atom stereocenters. The van der Waals surface area contributed by atoms with Gasteiger partial charge in [0.05, 0.1) is 15.7 Å². The van der Waals surface area contributed by atoms with Gasteiger partial charge in [-0.05, 0) is 28.1 Å². The Morgan fingerprint density at radius 2 is 1.79 bits per heavy atom. The standard InChI is InChI=1S/C14H13BrCl2N2/c1-14(2,3)13-18-10(7-11(15)19-13)8-5-4-6-9(16)12(8)17/h4-7H,1-3H3. The van der Waals surface area contributed by atoms with Crippen LogP contribution in [0.2, 0.25) is 10.0 Å². The smallest absolute Gasteiger partial charge is 0.135 e. The molecule has 0 aliphatic heterocycles. The van der Waals surface area contributed by atoms with Crippen LogP contribution in [0.1, 0.15) is 26.6 Å². The van der Waals surface area contributed by atoms with Gasteiger partial charge in [-0.1, -0.05) is 56.1 Å². The first-order valence-electron chi connectivity index (χ1n) is 5.78. The average Bonchev–Trinajstić information content (AvgIpc) is 2.31. The molecule has 1 aromatic carbocycles. The van der Waals surface area contributed by atoms with E-state index in [9.17, 15) is 0 Å². The second kappa shape index (κ2) is 5.39. The molecule has 0 saturated carbocycles. The molecule has 100 valence electrons. The van der Waals surface area contributed by atoms with Crippen molar-refractivity contribution in [2.45, 2.75) is 26.2 Å². The predicted molar refractivity (Wildman–Crippen MR) is 83.9 cm³/mol. The molecule has 0 aliphatic carbocycles. The van der Waals surface area contributed by atoms with E-state index in [0.717, 1.165) is 21.7 Å². The number of rotatable bonds is 1. The Kier molecular flexibility index (Phi) is 4.19. The molecule has 19 heavy (non-hydrogen) atoms. The molecule has 0 saturated heterocycles. The van der Waals surface area contributed by atoms with E-state index in [1.807, 2.05) is 18.2 Å². The summed E-state index contributed by atoms with van der Waals surface area (Å²) in [6.45, 7) is 6.20. The minimum absolute atomic E-state index is 0.135. The van der Waals surface area contributed by atoms with E-state index in [2.05, 4.69) is 46.7 Å². The molecule has 0 spiro atoms. The topological polar surface area (TPSA) is 25.8 Å². The summed E-state index contributed by atoms with van der Waals surface area (Å²) in [7, 11) is 0. The first kappa shape index (κ1) is 14.8. The van der Waals surface area contributed by atoms with Crippen LogP contribution in [0.4, 0.5) is 0 Å². The van der Waals surface area contributed by atoms with Crippen molar-refractivity contribution in [3.8, 4) is 11.3 Å². The van der Waals surface area contributed by atoms with Gasteiger partial charge in [-0.2, -0.15) is 0 Å². The minimum atomic E-state index is -0.135. The van der Waals surface area contributed by atoms with Gasteiger partial charge in [0.1, 0.15) is 10.4 Å². The van der Waals surface area contributed by atoms with Crippen molar-refractivity contribution in [3.05, 3.63) is 44.7 Å². The van der Waals surface area contributed by atoms with Crippen LogP contribution in [0.3, 0.4) is 0 Å². The second-order valence-electron chi connectivity index (χ2n) is 5.25. The number of aromatic nitrogens is 2. The van der Waals surface area contributed by atoms with Crippen LogP contribution in [0, 0.1) is 0 Å². The Hall–Kier alpha value is -0.640. The normalized spacial score (nSPS) is 11.7. The summed E-state index contributed by atoms with van der Waals surface area (Å²) in [5, 5.41) is 1.03. The Morgan fingerprint density at radius 1 is 1.11 bits per heavy atom. The summed E-state index contributed by atoms with van der Waals surface area (Å²) in [5.41, 5.74) is 1.44. The van der Waals surface area contributed by atoms with Crippen molar-refractivity contribution >= 4 is 39.1 Å². The minimum Gasteiger partial charge on any atom is -0.232 e. The fourth-order valence-corrected chi connectivity index (χ4v) is 2.37. The van der Waals surface area contributed by atoms with Gasteiger partial charge in [0.15, 0.2) is 0 Å². The molecule has 5 heteroatoms. The number of halogens is 3. The van der Waals surface area contributed by atoms with Gasteiger partial charge in [0.25, 0.3) is 0 Å². The summed E-state index contributed by atoms with van der Waals surface area (Å²) in [4.78, 5) is 9.01. The molecule has 1 aromatic heterocycles. The highest BCUT2D eigenvalue weighted by Crippen LogP contribution is 2.34. The van der Waals surface area contributed by atoms with Crippen LogP contribution in [0.15, 0.2) is 28.9 Å². The Bertz CT molecular complexity index is 621. The lowest BCUT2D eigenvalue weighted by Gasteiger charge is -2.18.